The number of piperidine rings is 1. The number of carbonyl (C=O) groups excluding carboxylic acids is 1. The van der Waals surface area contributed by atoms with Gasteiger partial charge in [-0.05, 0) is 55.5 Å². The highest BCUT2D eigenvalue weighted by Crippen LogP contribution is 2.34. The van der Waals surface area contributed by atoms with Gasteiger partial charge in [-0.15, -0.1) is 11.8 Å². The fourth-order valence-corrected chi connectivity index (χ4v) is 4.79. The van der Waals surface area contributed by atoms with E-state index in [0.29, 0.717) is 36.9 Å². The number of nitrogens with zero attached hydrogens (tertiary/aromatic N) is 1. The van der Waals surface area contributed by atoms with Gasteiger partial charge in [0.15, 0.2) is 0 Å². The van der Waals surface area contributed by atoms with Crippen LogP contribution in [0.25, 0.3) is 0 Å². The van der Waals surface area contributed by atoms with Crippen LogP contribution in [0.4, 0.5) is 20.2 Å². The first-order valence-corrected chi connectivity index (χ1v) is 11.0. The van der Waals surface area contributed by atoms with E-state index in [9.17, 15) is 13.6 Å². The molecule has 4 nitrogen and oxygen atoms in total. The standard InChI is InChI=1S/C22H24F2N2O2S/c1-14-9-17(23)22(18(24)10-14)26-7-5-15(6-8-26)11-28-20-4-2-3-19-16(20)12-29-13-21(27)25-19/h2-4,9-10,15H,5-8,11-13H2,1H3,(H,25,27). The van der Waals surface area contributed by atoms with Gasteiger partial charge >= 0.3 is 0 Å². The maximum Gasteiger partial charge on any atom is 0.234 e. The number of carbonyl (C=O) groups is 1. The number of benzene rings is 2. The van der Waals surface area contributed by atoms with Crippen LogP contribution < -0.4 is 15.0 Å². The number of amides is 1. The van der Waals surface area contributed by atoms with Gasteiger partial charge in [-0.2, -0.15) is 0 Å². The molecule has 2 aliphatic rings. The third-order valence-corrected chi connectivity index (χ3v) is 6.41. The summed E-state index contributed by atoms with van der Waals surface area (Å²) in [6.45, 7) is 3.45. The Hall–Kier alpha value is -2.28. The molecule has 1 N–H and O–H groups in total. The predicted molar refractivity (Wildman–Crippen MR) is 113 cm³/mol. The average molecular weight is 419 g/mol. The summed E-state index contributed by atoms with van der Waals surface area (Å²) in [7, 11) is 0. The maximum absolute atomic E-state index is 14.2. The Morgan fingerprint density at radius 2 is 1.90 bits per heavy atom. The van der Waals surface area contributed by atoms with Crippen molar-refractivity contribution in [1.29, 1.82) is 0 Å². The summed E-state index contributed by atoms with van der Waals surface area (Å²) in [4.78, 5) is 13.5. The van der Waals surface area contributed by atoms with Gasteiger partial charge in [0.05, 0.1) is 12.4 Å². The minimum atomic E-state index is -0.497. The molecular weight excluding hydrogens is 394 g/mol. The molecule has 7 heteroatoms. The first-order chi connectivity index (χ1) is 14.0. The molecule has 0 spiro atoms. The molecule has 2 heterocycles. The Morgan fingerprint density at radius 3 is 2.62 bits per heavy atom. The summed E-state index contributed by atoms with van der Waals surface area (Å²) in [5.74, 6) is 1.32. The van der Waals surface area contributed by atoms with Crippen molar-refractivity contribution in [2.24, 2.45) is 5.92 Å². The molecule has 29 heavy (non-hydrogen) atoms. The van der Waals surface area contributed by atoms with Gasteiger partial charge in [0, 0.05) is 30.1 Å². The highest BCUT2D eigenvalue weighted by Gasteiger charge is 2.25. The van der Waals surface area contributed by atoms with E-state index in [4.69, 9.17) is 4.74 Å². The van der Waals surface area contributed by atoms with Crippen molar-refractivity contribution in [3.05, 3.63) is 53.1 Å². The van der Waals surface area contributed by atoms with E-state index in [-0.39, 0.29) is 11.6 Å². The van der Waals surface area contributed by atoms with Crippen LogP contribution in [0.2, 0.25) is 0 Å². The van der Waals surface area contributed by atoms with Crippen LogP contribution in [0.3, 0.4) is 0 Å². The van der Waals surface area contributed by atoms with E-state index < -0.39 is 11.6 Å². The van der Waals surface area contributed by atoms with Crippen molar-refractivity contribution < 1.29 is 18.3 Å². The second kappa shape index (κ2) is 8.61. The Labute approximate surface area is 173 Å². The Kier molecular flexibility index (Phi) is 5.94. The zero-order valence-electron chi connectivity index (χ0n) is 16.3. The molecule has 0 saturated carbocycles. The predicted octanol–water partition coefficient (Wildman–Crippen LogP) is 4.75. The van der Waals surface area contributed by atoms with E-state index in [1.165, 1.54) is 12.1 Å². The largest absolute Gasteiger partial charge is 0.493 e. The van der Waals surface area contributed by atoms with Crippen LogP contribution >= 0.6 is 11.8 Å². The number of ether oxygens (including phenoxy) is 1. The molecule has 0 radical (unpaired) electrons. The average Bonchev–Trinajstić information content (AvgIpc) is 2.87. The van der Waals surface area contributed by atoms with Gasteiger partial charge in [-0.1, -0.05) is 6.07 Å². The van der Waals surface area contributed by atoms with E-state index in [2.05, 4.69) is 5.32 Å². The van der Waals surface area contributed by atoms with Crippen molar-refractivity contribution >= 4 is 29.0 Å². The van der Waals surface area contributed by atoms with Crippen molar-refractivity contribution in [2.45, 2.75) is 25.5 Å². The molecule has 0 bridgehead atoms. The number of halogens is 2. The van der Waals surface area contributed by atoms with Crippen molar-refractivity contribution in [3.8, 4) is 5.75 Å². The smallest absolute Gasteiger partial charge is 0.234 e. The third kappa shape index (κ3) is 4.50. The molecule has 1 fully saturated rings. The summed E-state index contributed by atoms with van der Waals surface area (Å²) in [6, 6.07) is 8.48. The highest BCUT2D eigenvalue weighted by molar-refractivity contribution is 7.99. The molecule has 1 amide bonds. The van der Waals surface area contributed by atoms with Gasteiger partial charge in [0.2, 0.25) is 5.91 Å². The molecule has 2 aromatic rings. The summed E-state index contributed by atoms with van der Waals surface area (Å²) in [5.41, 5.74) is 2.50. The second-order valence-corrected chi connectivity index (χ2v) is 8.63. The lowest BCUT2D eigenvalue weighted by atomic mass is 9.97. The summed E-state index contributed by atoms with van der Waals surface area (Å²) in [5, 5.41) is 2.92. The molecule has 0 aliphatic carbocycles. The van der Waals surface area contributed by atoms with Crippen molar-refractivity contribution in [3.63, 3.8) is 0 Å². The van der Waals surface area contributed by atoms with Gasteiger partial charge < -0.3 is 15.0 Å². The number of rotatable bonds is 4. The highest BCUT2D eigenvalue weighted by atomic mass is 32.2. The normalized spacial score (nSPS) is 17.5. The summed E-state index contributed by atoms with van der Waals surface area (Å²) in [6.07, 6.45) is 1.63. The molecule has 4 rings (SSSR count). The minimum Gasteiger partial charge on any atom is -0.493 e. The minimum absolute atomic E-state index is 0.00819. The lowest BCUT2D eigenvalue weighted by molar-refractivity contribution is -0.113. The number of hydrogen-bond donors (Lipinski definition) is 1. The number of aryl methyl sites for hydroxylation is 1. The number of nitrogens with one attached hydrogen (secondary N) is 1. The lowest BCUT2D eigenvalue weighted by Crippen LogP contribution is -2.36. The van der Waals surface area contributed by atoms with Gasteiger partial charge in [-0.3, -0.25) is 4.79 Å². The van der Waals surface area contributed by atoms with Gasteiger partial charge in [0.1, 0.15) is 23.1 Å². The van der Waals surface area contributed by atoms with Crippen molar-refractivity contribution in [1.82, 2.24) is 0 Å². The third-order valence-electron chi connectivity index (χ3n) is 5.45. The first-order valence-electron chi connectivity index (χ1n) is 9.84. The molecule has 0 unspecified atom stereocenters. The van der Waals surface area contributed by atoms with Gasteiger partial charge in [-0.25, -0.2) is 8.78 Å². The lowest BCUT2D eigenvalue weighted by Gasteiger charge is -2.34. The molecule has 0 aromatic heterocycles. The van der Waals surface area contributed by atoms with E-state index >= 15 is 0 Å². The molecule has 2 aliphatic heterocycles. The molecule has 1 saturated heterocycles. The van der Waals surface area contributed by atoms with Crippen LogP contribution in [-0.4, -0.2) is 31.4 Å². The maximum atomic E-state index is 14.2. The Morgan fingerprint density at radius 1 is 1.17 bits per heavy atom. The Bertz CT molecular complexity index is 891. The fourth-order valence-electron chi connectivity index (χ4n) is 3.92. The second-order valence-electron chi connectivity index (χ2n) is 7.64. The van der Waals surface area contributed by atoms with E-state index in [1.807, 2.05) is 18.2 Å². The zero-order valence-corrected chi connectivity index (χ0v) is 17.2. The molecule has 154 valence electrons. The van der Waals surface area contributed by atoms with Crippen LogP contribution in [-0.2, 0) is 10.5 Å². The van der Waals surface area contributed by atoms with Crippen LogP contribution in [0.15, 0.2) is 30.3 Å². The zero-order chi connectivity index (χ0) is 20.4. The fraction of sp³-hybridized carbons (Fsp3) is 0.409. The van der Waals surface area contributed by atoms with Crippen molar-refractivity contribution in [2.75, 3.05) is 35.7 Å². The SMILES string of the molecule is Cc1cc(F)c(N2CCC(COc3cccc4c3CSCC(=O)N4)CC2)c(F)c1. The van der Waals surface area contributed by atoms with E-state index in [1.54, 1.807) is 23.6 Å². The number of thioether (sulfide) groups is 1. The number of hydrogen-bond acceptors (Lipinski definition) is 4. The van der Waals surface area contributed by atoms with Gasteiger partial charge in [0.25, 0.3) is 0 Å². The monoisotopic (exact) mass is 418 g/mol. The quantitative estimate of drug-likeness (QED) is 0.778. The number of fused-ring (bicyclic) bond motifs is 1. The van der Waals surface area contributed by atoms with Crippen LogP contribution in [0.1, 0.15) is 24.0 Å². The molecule has 2 aromatic carbocycles. The molecule has 0 atom stereocenters. The number of anilines is 2. The van der Waals surface area contributed by atoms with Crippen LogP contribution in [0.5, 0.6) is 5.75 Å². The molecular formula is C22H24F2N2O2S. The summed E-state index contributed by atoms with van der Waals surface area (Å²) >= 11 is 1.57. The van der Waals surface area contributed by atoms with E-state index in [0.717, 1.165) is 35.6 Å². The first kappa shape index (κ1) is 20.0. The topological polar surface area (TPSA) is 41.6 Å². The Balaban J connectivity index is 1.37. The summed E-state index contributed by atoms with van der Waals surface area (Å²) < 4.78 is 34.6. The van der Waals surface area contributed by atoms with Crippen LogP contribution in [0, 0.1) is 24.5 Å².